The number of rotatable bonds is 14. The van der Waals surface area contributed by atoms with E-state index in [2.05, 4.69) is 5.32 Å². The molecule has 0 aliphatic carbocycles. The monoisotopic (exact) mass is 506 g/mol. The molecule has 0 spiro atoms. The molecule has 0 saturated carbocycles. The van der Waals surface area contributed by atoms with Crippen LogP contribution in [0.25, 0.3) is 0 Å². The van der Waals surface area contributed by atoms with Crippen LogP contribution in [0.1, 0.15) is 19.4 Å². The van der Waals surface area contributed by atoms with Crippen LogP contribution in [-0.2, 0) is 20.9 Å². The van der Waals surface area contributed by atoms with Gasteiger partial charge in [0.2, 0.25) is 5.91 Å². The van der Waals surface area contributed by atoms with Gasteiger partial charge < -0.3 is 29.4 Å². The number of carboxylic acids is 1. The molecular weight excluding hydrogens is 472 g/mol. The number of anilines is 1. The number of amides is 1. The molecule has 0 aromatic heterocycles. The van der Waals surface area contributed by atoms with Crippen molar-refractivity contribution in [2.75, 3.05) is 53.5 Å². The van der Waals surface area contributed by atoms with E-state index >= 15 is 0 Å². The average Bonchev–Trinajstić information content (AvgIpc) is 2.83. The number of carboxylic acid groups (broad SMARTS) is 1. The topological polar surface area (TPSA) is 107 Å². The van der Waals surface area contributed by atoms with Crippen LogP contribution in [0.15, 0.2) is 41.3 Å². The van der Waals surface area contributed by atoms with Crippen molar-refractivity contribution >= 4 is 29.3 Å². The van der Waals surface area contributed by atoms with Crippen LogP contribution in [0.4, 0.5) is 5.69 Å². The van der Waals surface area contributed by atoms with Gasteiger partial charge in [-0.3, -0.25) is 14.5 Å². The van der Waals surface area contributed by atoms with Gasteiger partial charge in [-0.25, -0.2) is 0 Å². The van der Waals surface area contributed by atoms with Crippen LogP contribution < -0.4 is 19.5 Å². The van der Waals surface area contributed by atoms with Crippen LogP contribution in [0, 0.1) is 0 Å². The van der Waals surface area contributed by atoms with Gasteiger partial charge in [0.05, 0.1) is 34.5 Å². The second-order valence-electron chi connectivity index (χ2n) is 8.22. The average molecular weight is 507 g/mol. The molecule has 0 bridgehead atoms. The number of carbonyl (C=O) groups is 2. The molecule has 0 atom stereocenters. The first-order valence-electron chi connectivity index (χ1n) is 11.0. The third kappa shape index (κ3) is 8.34. The van der Waals surface area contributed by atoms with Crippen LogP contribution in [0.5, 0.6) is 17.2 Å². The zero-order chi connectivity index (χ0) is 26.0. The van der Waals surface area contributed by atoms with Crippen molar-refractivity contribution in [3.8, 4) is 17.2 Å². The second kappa shape index (κ2) is 13.2. The first-order valence-corrected chi connectivity index (χ1v) is 11.8. The molecule has 0 saturated heterocycles. The van der Waals surface area contributed by atoms with Crippen LogP contribution in [0.2, 0.25) is 0 Å². The van der Waals surface area contributed by atoms with Gasteiger partial charge in [-0.2, -0.15) is 0 Å². The highest BCUT2D eigenvalue weighted by molar-refractivity contribution is 8.01. The highest BCUT2D eigenvalue weighted by Crippen LogP contribution is 2.39. The maximum absolute atomic E-state index is 12.9. The van der Waals surface area contributed by atoms with E-state index in [1.165, 1.54) is 26.0 Å². The lowest BCUT2D eigenvalue weighted by atomic mass is 10.2. The molecule has 0 radical (unpaired) electrons. The summed E-state index contributed by atoms with van der Waals surface area (Å²) >= 11 is 1.29. The molecule has 1 amide bonds. The van der Waals surface area contributed by atoms with E-state index in [0.717, 1.165) is 10.5 Å². The summed E-state index contributed by atoms with van der Waals surface area (Å²) in [5.41, 5.74) is 1.42. The lowest BCUT2D eigenvalue weighted by Crippen LogP contribution is -2.35. The van der Waals surface area contributed by atoms with Crippen molar-refractivity contribution in [2.45, 2.75) is 30.0 Å². The van der Waals surface area contributed by atoms with Gasteiger partial charge in [-0.1, -0.05) is 12.1 Å². The fraction of sp³-hybridized carbons (Fsp3) is 0.440. The third-order valence-electron chi connectivity index (χ3n) is 5.18. The standard InChI is InChI=1S/C25H34N2O7S/c1-25(2,24(29)30)35-19-9-7-17(8-10-19)15-27(11-12-31-3)16-22(28)26-23-20(33-5)13-18(32-4)14-21(23)34-6/h7-10,13-14H,11-12,15-16H2,1-6H3,(H,26,28)(H,29,30). The van der Waals surface area contributed by atoms with Crippen molar-refractivity contribution in [2.24, 2.45) is 0 Å². The summed E-state index contributed by atoms with van der Waals surface area (Å²) in [4.78, 5) is 27.2. The van der Waals surface area contributed by atoms with Gasteiger partial charge in [0.15, 0.2) is 0 Å². The lowest BCUT2D eigenvalue weighted by molar-refractivity contribution is -0.138. The fourth-order valence-electron chi connectivity index (χ4n) is 3.20. The highest BCUT2D eigenvalue weighted by Gasteiger charge is 2.28. The zero-order valence-electron chi connectivity index (χ0n) is 21.0. The minimum Gasteiger partial charge on any atom is -0.496 e. The minimum atomic E-state index is -0.923. The fourth-order valence-corrected chi connectivity index (χ4v) is 4.15. The van der Waals surface area contributed by atoms with E-state index in [0.29, 0.717) is 42.6 Å². The summed E-state index contributed by atoms with van der Waals surface area (Å²) in [6.07, 6.45) is 0. The summed E-state index contributed by atoms with van der Waals surface area (Å²) in [6.45, 7) is 4.98. The summed E-state index contributed by atoms with van der Waals surface area (Å²) in [7, 11) is 6.17. The Morgan fingerprint density at radius 3 is 2.09 bits per heavy atom. The second-order valence-corrected chi connectivity index (χ2v) is 9.92. The molecule has 2 rings (SSSR count). The molecule has 192 valence electrons. The normalized spacial score (nSPS) is 11.3. The molecule has 0 unspecified atom stereocenters. The first-order chi connectivity index (χ1) is 16.6. The van der Waals surface area contributed by atoms with E-state index in [1.54, 1.807) is 40.2 Å². The Hall–Kier alpha value is -2.95. The highest BCUT2D eigenvalue weighted by atomic mass is 32.2. The van der Waals surface area contributed by atoms with Crippen molar-refractivity contribution in [3.63, 3.8) is 0 Å². The minimum absolute atomic E-state index is 0.115. The van der Waals surface area contributed by atoms with Crippen molar-refractivity contribution in [1.29, 1.82) is 0 Å². The molecule has 2 N–H and O–H groups in total. The van der Waals surface area contributed by atoms with Crippen LogP contribution in [-0.4, -0.2) is 74.8 Å². The van der Waals surface area contributed by atoms with E-state index < -0.39 is 10.7 Å². The smallest absolute Gasteiger partial charge is 0.319 e. The van der Waals surface area contributed by atoms with Crippen LogP contribution >= 0.6 is 11.8 Å². The first kappa shape index (κ1) is 28.3. The van der Waals surface area contributed by atoms with Crippen molar-refractivity contribution in [3.05, 3.63) is 42.0 Å². The Morgan fingerprint density at radius 1 is 1.00 bits per heavy atom. The molecule has 2 aromatic rings. The van der Waals surface area contributed by atoms with E-state index in [-0.39, 0.29) is 12.5 Å². The Bertz CT molecular complexity index is 971. The van der Waals surface area contributed by atoms with Gasteiger partial charge in [-0.05, 0) is 31.5 Å². The lowest BCUT2D eigenvalue weighted by Gasteiger charge is -2.23. The van der Waals surface area contributed by atoms with Gasteiger partial charge in [-0.15, -0.1) is 11.8 Å². The number of ether oxygens (including phenoxy) is 4. The number of hydrogen-bond donors (Lipinski definition) is 2. The van der Waals surface area contributed by atoms with Gasteiger partial charge in [0, 0.05) is 37.2 Å². The summed E-state index contributed by atoms with van der Waals surface area (Å²) in [5, 5.41) is 12.2. The SMILES string of the molecule is COCCN(CC(=O)Nc1c(OC)cc(OC)cc1OC)Cc1ccc(SC(C)(C)C(=O)O)cc1. The van der Waals surface area contributed by atoms with E-state index in [1.807, 2.05) is 29.2 Å². The number of benzene rings is 2. The number of aliphatic carboxylic acids is 1. The van der Waals surface area contributed by atoms with Gasteiger partial charge in [0.25, 0.3) is 0 Å². The Kier molecular flexibility index (Phi) is 10.7. The number of carbonyl (C=O) groups excluding carboxylic acids is 1. The van der Waals surface area contributed by atoms with Crippen molar-refractivity contribution in [1.82, 2.24) is 4.90 Å². The number of nitrogens with one attached hydrogen (secondary N) is 1. The molecule has 0 aliphatic heterocycles. The van der Waals surface area contributed by atoms with Crippen molar-refractivity contribution < 1.29 is 33.6 Å². The molecule has 2 aromatic carbocycles. The number of hydrogen-bond acceptors (Lipinski definition) is 8. The molecule has 9 nitrogen and oxygen atoms in total. The Balaban J connectivity index is 2.12. The maximum atomic E-state index is 12.9. The van der Waals surface area contributed by atoms with Crippen LogP contribution in [0.3, 0.4) is 0 Å². The van der Waals surface area contributed by atoms with E-state index in [4.69, 9.17) is 18.9 Å². The number of thioether (sulfide) groups is 1. The molecule has 0 fully saturated rings. The predicted octanol–water partition coefficient (Wildman–Crippen LogP) is 3.75. The molecule has 10 heteroatoms. The Labute approximate surface area is 210 Å². The number of nitrogens with zero attached hydrogens (tertiary/aromatic N) is 1. The summed E-state index contributed by atoms with van der Waals surface area (Å²) in [6, 6.07) is 11.0. The van der Waals surface area contributed by atoms with Gasteiger partial charge in [0.1, 0.15) is 27.7 Å². The summed E-state index contributed by atoms with van der Waals surface area (Å²) in [5.74, 6) is 0.296. The molecule has 0 heterocycles. The molecule has 0 aliphatic rings. The number of methoxy groups -OCH3 is 4. The molecule has 35 heavy (non-hydrogen) atoms. The Morgan fingerprint density at radius 2 is 1.60 bits per heavy atom. The molecular formula is C25H34N2O7S. The van der Waals surface area contributed by atoms with E-state index in [9.17, 15) is 14.7 Å². The summed E-state index contributed by atoms with van der Waals surface area (Å²) < 4.78 is 20.4. The van der Waals surface area contributed by atoms with Gasteiger partial charge >= 0.3 is 5.97 Å². The largest absolute Gasteiger partial charge is 0.496 e. The third-order valence-corrected chi connectivity index (χ3v) is 6.37. The quantitative estimate of drug-likeness (QED) is 0.371. The zero-order valence-corrected chi connectivity index (χ0v) is 21.9. The predicted molar refractivity (Wildman–Crippen MR) is 136 cm³/mol. The maximum Gasteiger partial charge on any atom is 0.319 e.